The van der Waals surface area contributed by atoms with Crippen molar-refractivity contribution in [3.63, 3.8) is 0 Å². The third-order valence-corrected chi connectivity index (χ3v) is 5.76. The van der Waals surface area contributed by atoms with Crippen LogP contribution in [0, 0.1) is 6.92 Å². The van der Waals surface area contributed by atoms with Gasteiger partial charge in [-0.25, -0.2) is 0 Å². The Kier molecular flexibility index (Phi) is 4.70. The highest BCUT2D eigenvalue weighted by Crippen LogP contribution is 2.43. The van der Waals surface area contributed by atoms with E-state index < -0.39 is 23.5 Å². The number of furan rings is 1. The average molecular weight is 436 g/mol. The Hall–Kier alpha value is -2.68. The summed E-state index contributed by atoms with van der Waals surface area (Å²) in [5.41, 5.74) is 0.348. The van der Waals surface area contributed by atoms with Crippen molar-refractivity contribution in [1.82, 2.24) is 10.2 Å². The number of aliphatic hydroxyl groups excluding tert-OH is 1. The van der Waals surface area contributed by atoms with Crippen LogP contribution in [0.25, 0.3) is 0 Å². The molecular formula is C18H11Cl2N3O4S. The maximum atomic E-state index is 13.0. The number of aliphatic hydroxyl groups is 1. The second-order valence-electron chi connectivity index (χ2n) is 5.92. The van der Waals surface area contributed by atoms with E-state index >= 15 is 0 Å². The monoisotopic (exact) mass is 435 g/mol. The zero-order valence-electron chi connectivity index (χ0n) is 14.2. The van der Waals surface area contributed by atoms with Crippen LogP contribution in [0.2, 0.25) is 10.0 Å². The predicted octanol–water partition coefficient (Wildman–Crippen LogP) is 4.53. The molecule has 0 fully saturated rings. The third-order valence-electron chi connectivity index (χ3n) is 4.18. The third kappa shape index (κ3) is 2.99. The first kappa shape index (κ1) is 18.7. The second kappa shape index (κ2) is 7.05. The molecule has 28 heavy (non-hydrogen) atoms. The predicted molar refractivity (Wildman–Crippen MR) is 104 cm³/mol. The molecule has 0 radical (unpaired) electrons. The SMILES string of the molecule is Cc1nnc(N2C(=O)C(O)=C(C(=O)c3ccco3)[C@H]2c2ccc(Cl)c(Cl)c2)s1. The number of benzene rings is 1. The van der Waals surface area contributed by atoms with Crippen LogP contribution in [0.3, 0.4) is 0 Å². The lowest BCUT2D eigenvalue weighted by Crippen LogP contribution is -2.31. The minimum atomic E-state index is -0.966. The van der Waals surface area contributed by atoms with Crippen molar-refractivity contribution >= 4 is 51.4 Å². The van der Waals surface area contributed by atoms with E-state index in [1.54, 1.807) is 25.1 Å². The van der Waals surface area contributed by atoms with E-state index in [0.29, 0.717) is 15.6 Å². The van der Waals surface area contributed by atoms with Gasteiger partial charge < -0.3 is 9.52 Å². The number of hydrogen-bond donors (Lipinski definition) is 1. The van der Waals surface area contributed by atoms with Gasteiger partial charge in [-0.2, -0.15) is 0 Å². The Bertz CT molecular complexity index is 1120. The van der Waals surface area contributed by atoms with Crippen LogP contribution in [0.15, 0.2) is 52.3 Å². The molecule has 3 aromatic rings. The molecule has 0 unspecified atom stereocenters. The largest absolute Gasteiger partial charge is 0.503 e. The molecule has 0 spiro atoms. The van der Waals surface area contributed by atoms with Crippen LogP contribution in [-0.2, 0) is 4.79 Å². The number of anilines is 1. The molecule has 7 nitrogen and oxygen atoms in total. The number of ketones is 1. The Morgan fingerprint density at radius 1 is 1.25 bits per heavy atom. The molecular weight excluding hydrogens is 425 g/mol. The van der Waals surface area contributed by atoms with Crippen molar-refractivity contribution in [3.8, 4) is 0 Å². The van der Waals surface area contributed by atoms with Crippen LogP contribution in [-0.4, -0.2) is 27.0 Å². The van der Waals surface area contributed by atoms with Gasteiger partial charge in [0.15, 0.2) is 11.5 Å². The molecule has 0 bridgehead atoms. The molecule has 1 N–H and O–H groups in total. The fraction of sp³-hybridized carbons (Fsp3) is 0.111. The van der Waals surface area contributed by atoms with Gasteiger partial charge in [-0.05, 0) is 36.8 Å². The maximum absolute atomic E-state index is 13.0. The molecule has 1 amide bonds. The van der Waals surface area contributed by atoms with Gasteiger partial charge in [0.2, 0.25) is 10.9 Å². The lowest BCUT2D eigenvalue weighted by atomic mass is 9.95. The fourth-order valence-corrected chi connectivity index (χ4v) is 3.98. The van der Waals surface area contributed by atoms with Gasteiger partial charge in [-0.15, -0.1) is 10.2 Å². The van der Waals surface area contributed by atoms with Crippen molar-refractivity contribution in [2.24, 2.45) is 0 Å². The summed E-state index contributed by atoms with van der Waals surface area (Å²) in [5, 5.41) is 19.9. The number of carbonyl (C=O) groups is 2. The van der Waals surface area contributed by atoms with Crippen molar-refractivity contribution in [3.05, 3.63) is 74.3 Å². The molecule has 10 heteroatoms. The topological polar surface area (TPSA) is 96.5 Å². The number of hydrogen-bond acceptors (Lipinski definition) is 7. The number of aromatic nitrogens is 2. The molecule has 1 aliphatic rings. The van der Waals surface area contributed by atoms with Gasteiger partial charge >= 0.3 is 0 Å². The number of rotatable bonds is 4. The number of Topliss-reactive ketones (excluding diaryl/α,β-unsaturated/α-hetero) is 1. The molecule has 142 valence electrons. The van der Waals surface area contributed by atoms with Crippen LogP contribution in [0.4, 0.5) is 5.13 Å². The molecule has 2 aromatic heterocycles. The Balaban J connectivity index is 1.90. The number of amides is 1. The highest BCUT2D eigenvalue weighted by atomic mass is 35.5. The van der Waals surface area contributed by atoms with Crippen molar-refractivity contribution < 1.29 is 19.1 Å². The first-order valence-electron chi connectivity index (χ1n) is 7.98. The highest BCUT2D eigenvalue weighted by molar-refractivity contribution is 7.15. The molecule has 1 aliphatic heterocycles. The van der Waals surface area contributed by atoms with E-state index in [1.165, 1.54) is 23.3 Å². The van der Waals surface area contributed by atoms with E-state index in [9.17, 15) is 14.7 Å². The first-order valence-corrected chi connectivity index (χ1v) is 9.55. The van der Waals surface area contributed by atoms with Crippen molar-refractivity contribution in [2.75, 3.05) is 4.90 Å². The molecule has 0 saturated heterocycles. The lowest BCUT2D eigenvalue weighted by molar-refractivity contribution is -0.117. The quantitative estimate of drug-likeness (QED) is 0.604. The van der Waals surface area contributed by atoms with E-state index in [1.807, 2.05) is 0 Å². The summed E-state index contributed by atoms with van der Waals surface area (Å²) in [6.07, 6.45) is 1.33. The Morgan fingerprint density at radius 3 is 2.64 bits per heavy atom. The van der Waals surface area contributed by atoms with Crippen LogP contribution >= 0.6 is 34.5 Å². The molecule has 4 rings (SSSR count). The minimum Gasteiger partial charge on any atom is -0.503 e. The van der Waals surface area contributed by atoms with Crippen molar-refractivity contribution in [2.45, 2.75) is 13.0 Å². The Morgan fingerprint density at radius 2 is 2.04 bits per heavy atom. The summed E-state index contributed by atoms with van der Waals surface area (Å²) < 4.78 is 5.17. The maximum Gasteiger partial charge on any atom is 0.296 e. The summed E-state index contributed by atoms with van der Waals surface area (Å²) >= 11 is 13.3. The van der Waals surface area contributed by atoms with Crippen LogP contribution < -0.4 is 4.90 Å². The second-order valence-corrected chi connectivity index (χ2v) is 7.90. The first-order chi connectivity index (χ1) is 13.4. The average Bonchev–Trinajstić information content (AvgIpc) is 3.39. The van der Waals surface area contributed by atoms with E-state index in [0.717, 1.165) is 11.3 Å². The van der Waals surface area contributed by atoms with Gasteiger partial charge in [-0.1, -0.05) is 40.6 Å². The Labute approximate surface area is 172 Å². The summed E-state index contributed by atoms with van der Waals surface area (Å²) in [4.78, 5) is 27.1. The molecule has 0 aliphatic carbocycles. The summed E-state index contributed by atoms with van der Waals surface area (Å²) in [5.74, 6) is -2.06. The summed E-state index contributed by atoms with van der Waals surface area (Å²) in [6.45, 7) is 1.73. The molecule has 1 aromatic carbocycles. The van der Waals surface area contributed by atoms with Crippen LogP contribution in [0.1, 0.15) is 27.2 Å². The normalized spacial score (nSPS) is 16.9. The summed E-state index contributed by atoms with van der Waals surface area (Å²) in [7, 11) is 0. The van der Waals surface area contributed by atoms with Crippen molar-refractivity contribution in [1.29, 1.82) is 0 Å². The van der Waals surface area contributed by atoms with E-state index in [4.69, 9.17) is 27.6 Å². The molecule has 1 atom stereocenters. The van der Waals surface area contributed by atoms with E-state index in [2.05, 4.69) is 10.2 Å². The number of nitrogens with zero attached hydrogens (tertiary/aromatic N) is 3. The standard InChI is InChI=1S/C18H11Cl2N3O4S/c1-8-21-22-18(28-8)23-14(9-4-5-10(19)11(20)7-9)13(16(25)17(23)26)15(24)12-3-2-6-27-12/h2-7,14,25H,1H3/t14-/m1/s1. The highest BCUT2D eigenvalue weighted by Gasteiger charge is 2.46. The smallest absolute Gasteiger partial charge is 0.296 e. The van der Waals surface area contributed by atoms with Gasteiger partial charge in [0.1, 0.15) is 5.01 Å². The van der Waals surface area contributed by atoms with Gasteiger partial charge in [0.05, 0.1) is 27.9 Å². The zero-order chi connectivity index (χ0) is 20.0. The van der Waals surface area contributed by atoms with Gasteiger partial charge in [0, 0.05) is 0 Å². The fourth-order valence-electron chi connectivity index (χ4n) is 2.96. The number of carbonyl (C=O) groups excluding carboxylic acids is 2. The van der Waals surface area contributed by atoms with E-state index in [-0.39, 0.29) is 21.5 Å². The number of aryl methyl sites for hydroxylation is 1. The minimum absolute atomic E-state index is 0.00490. The zero-order valence-corrected chi connectivity index (χ0v) is 16.5. The number of halogens is 2. The molecule has 0 saturated carbocycles. The van der Waals surface area contributed by atoms with Crippen LogP contribution in [0.5, 0.6) is 0 Å². The lowest BCUT2D eigenvalue weighted by Gasteiger charge is -2.24. The molecule has 3 heterocycles. The summed E-state index contributed by atoms with van der Waals surface area (Å²) in [6, 6.07) is 6.75. The van der Waals surface area contributed by atoms with Gasteiger partial charge in [-0.3, -0.25) is 14.5 Å². The van der Waals surface area contributed by atoms with Gasteiger partial charge in [0.25, 0.3) is 5.91 Å².